The van der Waals surface area contributed by atoms with E-state index in [4.69, 9.17) is 14.3 Å². The van der Waals surface area contributed by atoms with Crippen LogP contribution in [-0.2, 0) is 24.4 Å². The van der Waals surface area contributed by atoms with Crippen LogP contribution in [0, 0.1) is 6.92 Å². The number of aryl methyl sites for hydroxylation is 3. The first-order valence-corrected chi connectivity index (χ1v) is 13.1. The van der Waals surface area contributed by atoms with Gasteiger partial charge in [-0.1, -0.05) is 67.6 Å². The number of nitrogens with zero attached hydrogens (tertiary/aromatic N) is 3. The van der Waals surface area contributed by atoms with E-state index in [-0.39, 0.29) is 0 Å². The zero-order valence-electron chi connectivity index (χ0n) is 22.1. The van der Waals surface area contributed by atoms with Crippen LogP contribution in [0.1, 0.15) is 41.8 Å². The van der Waals surface area contributed by atoms with E-state index in [0.29, 0.717) is 25.5 Å². The normalized spacial score (nSPS) is 11.8. The van der Waals surface area contributed by atoms with Gasteiger partial charge >= 0.3 is 5.97 Å². The molecule has 0 aliphatic heterocycles. The Balaban J connectivity index is 1.23. The lowest BCUT2D eigenvalue weighted by atomic mass is 9.94. The fourth-order valence-electron chi connectivity index (χ4n) is 4.57. The molecule has 7 heteroatoms. The maximum Gasteiger partial charge on any atom is 0.311 e. The number of rotatable bonds is 11. The number of oxazole rings is 1. The minimum Gasteiger partial charge on any atom is -0.487 e. The van der Waals surface area contributed by atoms with Gasteiger partial charge in [-0.2, -0.15) is 5.10 Å². The average Bonchev–Trinajstić information content (AvgIpc) is 3.56. The third-order valence-electron chi connectivity index (χ3n) is 6.76. The molecule has 1 N–H and O–H groups in total. The molecule has 0 bridgehead atoms. The number of aliphatic carboxylic acids is 1. The second-order valence-electron chi connectivity index (χ2n) is 9.43. The lowest BCUT2D eigenvalue weighted by molar-refractivity contribution is -0.138. The smallest absolute Gasteiger partial charge is 0.311 e. The van der Waals surface area contributed by atoms with E-state index in [9.17, 15) is 9.90 Å². The molecule has 7 nitrogen and oxygen atoms in total. The largest absolute Gasteiger partial charge is 0.487 e. The molecule has 2 heterocycles. The first-order chi connectivity index (χ1) is 19.0. The van der Waals surface area contributed by atoms with Crippen molar-refractivity contribution in [1.82, 2.24) is 14.8 Å². The van der Waals surface area contributed by atoms with Gasteiger partial charge < -0.3 is 14.3 Å². The summed E-state index contributed by atoms with van der Waals surface area (Å²) in [6, 6.07) is 27.5. The summed E-state index contributed by atoms with van der Waals surface area (Å²) < 4.78 is 13.6. The number of benzene rings is 3. The summed E-state index contributed by atoms with van der Waals surface area (Å²) in [5, 5.41) is 14.5. The molecule has 0 aliphatic rings. The minimum absolute atomic E-state index is 0.321. The number of hydrogen-bond donors (Lipinski definition) is 1. The standard InChI is InChI=1S/C32H31N3O4/c1-3-27(32(36)37)28-20-35(34-30(28)24-10-6-4-7-11-24)19-18-23-14-16-26(17-15-23)38-21-29-22(2)39-31(33-29)25-12-8-5-9-13-25/h4-17,20,27H,3,18-19,21H2,1-2H3,(H,36,37). The Morgan fingerprint density at radius 1 is 0.974 bits per heavy atom. The Morgan fingerprint density at radius 2 is 1.64 bits per heavy atom. The Labute approximate surface area is 227 Å². The van der Waals surface area contributed by atoms with Crippen molar-refractivity contribution in [2.24, 2.45) is 0 Å². The fraction of sp³-hybridized carbons (Fsp3) is 0.219. The molecule has 39 heavy (non-hydrogen) atoms. The molecule has 1 unspecified atom stereocenters. The Bertz CT molecular complexity index is 1520. The van der Waals surface area contributed by atoms with Gasteiger partial charge in [0.1, 0.15) is 23.8 Å². The van der Waals surface area contributed by atoms with Gasteiger partial charge in [0.05, 0.1) is 11.6 Å². The molecule has 0 spiro atoms. The van der Waals surface area contributed by atoms with Crippen LogP contribution in [0.2, 0.25) is 0 Å². The molecule has 2 aromatic heterocycles. The zero-order valence-corrected chi connectivity index (χ0v) is 22.1. The summed E-state index contributed by atoms with van der Waals surface area (Å²) in [5.41, 5.74) is 5.24. The van der Waals surface area contributed by atoms with Crippen molar-refractivity contribution in [3.8, 4) is 28.5 Å². The van der Waals surface area contributed by atoms with E-state index in [1.165, 1.54) is 0 Å². The summed E-state index contributed by atoms with van der Waals surface area (Å²) >= 11 is 0. The molecule has 0 aliphatic carbocycles. The Morgan fingerprint density at radius 3 is 2.28 bits per heavy atom. The molecule has 0 amide bonds. The topological polar surface area (TPSA) is 90.4 Å². The summed E-state index contributed by atoms with van der Waals surface area (Å²) in [4.78, 5) is 16.5. The van der Waals surface area contributed by atoms with E-state index in [1.807, 2.05) is 110 Å². The molecule has 0 fully saturated rings. The highest BCUT2D eigenvalue weighted by molar-refractivity contribution is 5.79. The lowest BCUT2D eigenvalue weighted by Gasteiger charge is -2.09. The highest BCUT2D eigenvalue weighted by Gasteiger charge is 2.24. The lowest BCUT2D eigenvalue weighted by Crippen LogP contribution is -2.10. The van der Waals surface area contributed by atoms with Crippen LogP contribution in [0.4, 0.5) is 0 Å². The van der Waals surface area contributed by atoms with E-state index in [2.05, 4.69) is 4.98 Å². The first-order valence-electron chi connectivity index (χ1n) is 13.1. The number of carboxylic acids is 1. The van der Waals surface area contributed by atoms with Gasteiger partial charge in [-0.25, -0.2) is 4.98 Å². The van der Waals surface area contributed by atoms with Crippen molar-refractivity contribution in [3.63, 3.8) is 0 Å². The van der Waals surface area contributed by atoms with Gasteiger partial charge in [0, 0.05) is 29.4 Å². The number of carbonyl (C=O) groups is 1. The molecule has 3 aromatic carbocycles. The maximum atomic E-state index is 11.9. The van der Waals surface area contributed by atoms with E-state index < -0.39 is 11.9 Å². The van der Waals surface area contributed by atoms with Crippen LogP contribution >= 0.6 is 0 Å². The van der Waals surface area contributed by atoms with Gasteiger partial charge in [0.2, 0.25) is 5.89 Å². The average molecular weight is 522 g/mol. The second-order valence-corrected chi connectivity index (χ2v) is 9.43. The van der Waals surface area contributed by atoms with Crippen LogP contribution in [0.3, 0.4) is 0 Å². The number of ether oxygens (including phenoxy) is 1. The van der Waals surface area contributed by atoms with Crippen LogP contribution < -0.4 is 4.74 Å². The predicted molar refractivity (Wildman–Crippen MR) is 149 cm³/mol. The molecule has 0 saturated carbocycles. The summed E-state index contributed by atoms with van der Waals surface area (Å²) in [6.45, 7) is 4.74. The highest BCUT2D eigenvalue weighted by Crippen LogP contribution is 2.30. The SMILES string of the molecule is CCC(C(=O)O)c1cn(CCc2ccc(OCc3nc(-c4ccccc4)oc3C)cc2)nc1-c1ccccc1. The fourth-order valence-corrected chi connectivity index (χ4v) is 4.57. The molecule has 5 rings (SSSR count). The van der Waals surface area contributed by atoms with Crippen molar-refractivity contribution in [1.29, 1.82) is 0 Å². The highest BCUT2D eigenvalue weighted by atomic mass is 16.5. The Hall–Kier alpha value is -4.65. The van der Waals surface area contributed by atoms with Crippen LogP contribution in [0.15, 0.2) is 95.5 Å². The van der Waals surface area contributed by atoms with Crippen LogP contribution in [-0.4, -0.2) is 25.8 Å². The minimum atomic E-state index is -0.832. The van der Waals surface area contributed by atoms with Crippen molar-refractivity contribution in [2.45, 2.75) is 45.8 Å². The van der Waals surface area contributed by atoms with Gasteiger partial charge in [-0.3, -0.25) is 9.48 Å². The second kappa shape index (κ2) is 11.8. The van der Waals surface area contributed by atoms with Crippen LogP contribution in [0.25, 0.3) is 22.7 Å². The van der Waals surface area contributed by atoms with Crippen molar-refractivity contribution in [2.75, 3.05) is 0 Å². The monoisotopic (exact) mass is 521 g/mol. The number of hydrogen-bond acceptors (Lipinski definition) is 5. The van der Waals surface area contributed by atoms with Crippen molar-refractivity contribution in [3.05, 3.63) is 114 Å². The van der Waals surface area contributed by atoms with Crippen molar-refractivity contribution >= 4 is 5.97 Å². The number of carboxylic acid groups (broad SMARTS) is 1. The third kappa shape index (κ3) is 6.09. The summed E-state index contributed by atoms with van der Waals surface area (Å²) in [5.74, 6) is 0.659. The van der Waals surface area contributed by atoms with Crippen molar-refractivity contribution < 1.29 is 19.1 Å². The quantitative estimate of drug-likeness (QED) is 0.203. The predicted octanol–water partition coefficient (Wildman–Crippen LogP) is 6.91. The molecule has 0 radical (unpaired) electrons. The third-order valence-corrected chi connectivity index (χ3v) is 6.76. The van der Waals surface area contributed by atoms with Gasteiger partial charge in [0.15, 0.2) is 0 Å². The van der Waals surface area contributed by atoms with E-state index in [0.717, 1.165) is 51.6 Å². The summed E-state index contributed by atoms with van der Waals surface area (Å²) in [6.07, 6.45) is 3.14. The molecular weight excluding hydrogens is 490 g/mol. The molecule has 198 valence electrons. The van der Waals surface area contributed by atoms with E-state index in [1.54, 1.807) is 0 Å². The maximum absolute atomic E-state index is 11.9. The molecular formula is C32H31N3O4. The van der Waals surface area contributed by atoms with E-state index >= 15 is 0 Å². The molecule has 1 atom stereocenters. The van der Waals surface area contributed by atoms with Crippen LogP contribution in [0.5, 0.6) is 5.75 Å². The number of aromatic nitrogens is 3. The van der Waals surface area contributed by atoms with Gasteiger partial charge in [0.25, 0.3) is 0 Å². The zero-order chi connectivity index (χ0) is 27.2. The van der Waals surface area contributed by atoms with Gasteiger partial charge in [-0.15, -0.1) is 0 Å². The molecule has 0 saturated heterocycles. The molecule has 5 aromatic rings. The van der Waals surface area contributed by atoms with Gasteiger partial charge in [-0.05, 0) is 49.6 Å². The summed E-state index contributed by atoms with van der Waals surface area (Å²) in [7, 11) is 0. The first kappa shape index (κ1) is 26.0. The Kier molecular flexibility index (Phi) is 7.87.